The van der Waals surface area contributed by atoms with Crippen molar-refractivity contribution in [3.05, 3.63) is 23.3 Å². The molecule has 0 aliphatic heterocycles. The summed E-state index contributed by atoms with van der Waals surface area (Å²) in [6.45, 7) is 0.571. The van der Waals surface area contributed by atoms with Crippen molar-refractivity contribution in [3.8, 4) is 5.75 Å². The normalized spacial score (nSPS) is 16.7. The second-order valence-electron chi connectivity index (χ2n) is 7.75. The number of hydrogen-bond acceptors (Lipinski definition) is 9. The molecule has 0 amide bonds. The van der Waals surface area contributed by atoms with Crippen molar-refractivity contribution >= 4 is 40.5 Å². The van der Waals surface area contributed by atoms with Gasteiger partial charge in [-0.15, -0.1) is 0 Å². The highest BCUT2D eigenvalue weighted by molar-refractivity contribution is 7.85. The fraction of sp³-hybridized carbons (Fsp3) is 0.500. The average Bonchev–Trinajstić information content (AvgIpc) is 2.61. The zero-order chi connectivity index (χ0) is 28.4. The van der Waals surface area contributed by atoms with E-state index in [1.165, 1.54) is 0 Å². The highest BCUT2D eigenvalue weighted by atomic mass is 32.2. The number of benzene rings is 1. The van der Waals surface area contributed by atoms with E-state index in [2.05, 4.69) is 0 Å². The number of rotatable bonds is 9. The SMILES string of the molecule is CC(C(N)c1cc(S(=O)(=O)O)cc(C(N)C(C)(P(=O)(O)O)P(=O)(O)O)c1O)(P(=O)(O)O)P(=O)(O)O. The van der Waals surface area contributed by atoms with E-state index in [9.17, 15) is 75.5 Å². The Morgan fingerprint density at radius 3 is 1.11 bits per heavy atom. The predicted octanol–water partition coefficient (Wildman–Crippen LogP) is -1.22. The van der Waals surface area contributed by atoms with Gasteiger partial charge < -0.3 is 55.7 Å². The third kappa shape index (κ3) is 5.52. The molecule has 1 aromatic rings. The summed E-state index contributed by atoms with van der Waals surface area (Å²) in [4.78, 5) is 68.4. The van der Waals surface area contributed by atoms with Crippen molar-refractivity contribution in [2.45, 2.75) is 40.6 Å². The lowest BCUT2D eigenvalue weighted by molar-refractivity contribution is 0.297. The van der Waals surface area contributed by atoms with E-state index in [4.69, 9.17) is 11.5 Å². The standard InChI is InChI=1S/C12H24N2O16P4S/c1-11(31(16,17)18,32(19,20)21)9(13)6-3-5(35(28,29)30)4-7(8(6)15)10(14)12(2,33(22,23)24)34(25,26)27/h3-4,9-10,15H,13-14H2,1-2H3,(H2,16,17,18)(H2,19,20,21)(H2,22,23,24)(H2,25,26,27)(H,28,29,30). The second kappa shape index (κ2) is 9.33. The van der Waals surface area contributed by atoms with Crippen molar-refractivity contribution in [2.24, 2.45) is 11.5 Å². The van der Waals surface area contributed by atoms with Crippen LogP contribution >= 0.6 is 30.4 Å². The molecule has 0 aromatic heterocycles. The molecule has 0 radical (unpaired) electrons. The van der Waals surface area contributed by atoms with E-state index in [1.54, 1.807) is 0 Å². The van der Waals surface area contributed by atoms with Crippen LogP contribution in [-0.2, 0) is 28.4 Å². The zero-order valence-corrected chi connectivity index (χ0v) is 22.0. The third-order valence-corrected chi connectivity index (χ3v) is 15.4. The molecular weight excluding hydrogens is 584 g/mol. The Hall–Kier alpha value is -0.550. The molecule has 0 heterocycles. The van der Waals surface area contributed by atoms with Gasteiger partial charge in [0.2, 0.25) is 0 Å². The molecule has 2 atom stereocenters. The maximum absolute atomic E-state index is 12.0. The molecule has 35 heavy (non-hydrogen) atoms. The number of aromatic hydroxyl groups is 1. The molecule has 0 aliphatic carbocycles. The fourth-order valence-electron chi connectivity index (χ4n) is 2.93. The van der Waals surface area contributed by atoms with E-state index < -0.39 is 84.2 Å². The summed E-state index contributed by atoms with van der Waals surface area (Å²) in [5, 5.41) is 10.7. The van der Waals surface area contributed by atoms with Crippen LogP contribution in [0.15, 0.2) is 17.0 Å². The molecule has 0 saturated heterocycles. The van der Waals surface area contributed by atoms with Crippen LogP contribution in [0.1, 0.15) is 37.1 Å². The number of phenolic OH excluding ortho intramolecular Hbond substituents is 1. The van der Waals surface area contributed by atoms with Gasteiger partial charge in [-0.3, -0.25) is 22.8 Å². The van der Waals surface area contributed by atoms with Gasteiger partial charge in [0.25, 0.3) is 10.1 Å². The van der Waals surface area contributed by atoms with Crippen LogP contribution in [0.25, 0.3) is 0 Å². The average molecular weight is 608 g/mol. The molecule has 1 aromatic carbocycles. The smallest absolute Gasteiger partial charge is 0.345 e. The predicted molar refractivity (Wildman–Crippen MR) is 117 cm³/mol. The summed E-state index contributed by atoms with van der Waals surface area (Å²) in [6.07, 6.45) is 0. The summed E-state index contributed by atoms with van der Waals surface area (Å²) >= 11 is 0. The van der Waals surface area contributed by atoms with Crippen LogP contribution in [0.2, 0.25) is 0 Å². The highest BCUT2D eigenvalue weighted by Crippen LogP contribution is 2.74. The molecule has 23 heteroatoms. The number of nitrogens with two attached hydrogens (primary N) is 2. The molecular formula is C12H24N2O16P4S. The quantitative estimate of drug-likeness (QED) is 0.115. The van der Waals surface area contributed by atoms with Gasteiger partial charge in [0.1, 0.15) is 5.75 Å². The van der Waals surface area contributed by atoms with Crippen molar-refractivity contribution in [3.63, 3.8) is 0 Å². The van der Waals surface area contributed by atoms with Gasteiger partial charge in [0.15, 0.2) is 9.79 Å². The van der Waals surface area contributed by atoms with Crippen LogP contribution < -0.4 is 11.5 Å². The minimum absolute atomic E-state index is 0.224. The summed E-state index contributed by atoms with van der Waals surface area (Å²) < 4.78 is 80.9. The molecule has 2 unspecified atom stereocenters. The molecule has 0 saturated carbocycles. The minimum Gasteiger partial charge on any atom is -0.507 e. The third-order valence-electron chi connectivity index (χ3n) is 5.65. The van der Waals surface area contributed by atoms with Gasteiger partial charge in [-0.1, -0.05) is 0 Å². The highest BCUT2D eigenvalue weighted by Gasteiger charge is 2.63. The Labute approximate surface area is 197 Å². The summed E-state index contributed by atoms with van der Waals surface area (Å²) in [7, 11) is -29.1. The van der Waals surface area contributed by atoms with Crippen LogP contribution in [0.3, 0.4) is 0 Å². The van der Waals surface area contributed by atoms with Gasteiger partial charge in [-0.05, 0) is 26.0 Å². The summed E-state index contributed by atoms with van der Waals surface area (Å²) in [5.74, 6) is -1.49. The largest absolute Gasteiger partial charge is 0.507 e. The van der Waals surface area contributed by atoms with E-state index in [0.717, 1.165) is 0 Å². The molecule has 1 rings (SSSR count). The van der Waals surface area contributed by atoms with Crippen LogP contribution in [-0.4, -0.2) is 67.0 Å². The lowest BCUT2D eigenvalue weighted by Crippen LogP contribution is -2.40. The maximum atomic E-state index is 12.0. The van der Waals surface area contributed by atoms with Gasteiger partial charge >= 0.3 is 30.4 Å². The molecule has 0 spiro atoms. The summed E-state index contributed by atoms with van der Waals surface area (Å²) in [6, 6.07) is -4.87. The minimum atomic E-state index is -5.92. The monoisotopic (exact) mass is 608 g/mol. The van der Waals surface area contributed by atoms with Crippen molar-refractivity contribution < 1.29 is 75.5 Å². The second-order valence-corrected chi connectivity index (χ2v) is 17.9. The van der Waals surface area contributed by atoms with E-state index in [-0.39, 0.29) is 26.0 Å². The van der Waals surface area contributed by atoms with Gasteiger partial charge in [0.05, 0.1) is 17.0 Å². The molecule has 18 nitrogen and oxygen atoms in total. The Kier molecular flexibility index (Phi) is 8.66. The first-order valence-electron chi connectivity index (χ1n) is 8.64. The van der Waals surface area contributed by atoms with Crippen LogP contribution in [0.5, 0.6) is 5.75 Å². The van der Waals surface area contributed by atoms with Crippen molar-refractivity contribution in [2.75, 3.05) is 0 Å². The van der Waals surface area contributed by atoms with Gasteiger partial charge in [-0.2, -0.15) is 8.42 Å². The molecule has 204 valence electrons. The van der Waals surface area contributed by atoms with Gasteiger partial charge in [0, 0.05) is 11.1 Å². The zero-order valence-electron chi connectivity index (χ0n) is 17.6. The Bertz CT molecular complexity index is 1180. The molecule has 0 fully saturated rings. The first-order chi connectivity index (χ1) is 15.1. The first kappa shape index (κ1) is 32.5. The van der Waals surface area contributed by atoms with Crippen LogP contribution in [0.4, 0.5) is 0 Å². The first-order valence-corrected chi connectivity index (χ1v) is 16.5. The Morgan fingerprint density at radius 1 is 0.714 bits per heavy atom. The molecule has 0 aliphatic rings. The summed E-state index contributed by atoms with van der Waals surface area (Å²) in [5.41, 5.74) is 8.83. The van der Waals surface area contributed by atoms with Gasteiger partial charge in [-0.25, -0.2) is 0 Å². The van der Waals surface area contributed by atoms with E-state index in [0.29, 0.717) is 0 Å². The topological polar surface area (TPSA) is 357 Å². The lowest BCUT2D eigenvalue weighted by atomic mass is 9.95. The number of hydrogen-bond donors (Lipinski definition) is 12. The molecule has 0 bridgehead atoms. The maximum Gasteiger partial charge on any atom is 0.345 e. The van der Waals surface area contributed by atoms with Crippen molar-refractivity contribution in [1.29, 1.82) is 0 Å². The number of phenols is 1. The Morgan fingerprint density at radius 2 is 0.943 bits per heavy atom. The Balaban J connectivity index is 4.25. The van der Waals surface area contributed by atoms with E-state index >= 15 is 0 Å². The van der Waals surface area contributed by atoms with Crippen LogP contribution in [0, 0.1) is 0 Å². The lowest BCUT2D eigenvalue weighted by Gasteiger charge is -2.38. The van der Waals surface area contributed by atoms with E-state index in [1.807, 2.05) is 0 Å². The molecule has 14 N–H and O–H groups in total. The fourth-order valence-corrected chi connectivity index (χ4v) is 8.20. The van der Waals surface area contributed by atoms with Crippen molar-refractivity contribution in [1.82, 2.24) is 0 Å².